The van der Waals surface area contributed by atoms with Crippen LogP contribution in [0.3, 0.4) is 0 Å². The van der Waals surface area contributed by atoms with E-state index < -0.39 is 44.2 Å². The lowest BCUT2D eigenvalue weighted by atomic mass is 9.80. The van der Waals surface area contributed by atoms with Crippen molar-refractivity contribution in [2.45, 2.75) is 69.0 Å². The maximum Gasteiger partial charge on any atom is 0.256 e. The van der Waals surface area contributed by atoms with Gasteiger partial charge < -0.3 is 37.7 Å². The lowest BCUT2D eigenvalue weighted by molar-refractivity contribution is -0.0918. The quantitative estimate of drug-likeness (QED) is 0.0595. The van der Waals surface area contributed by atoms with E-state index in [-0.39, 0.29) is 23.4 Å². The number of ether oxygens (including phenoxy) is 4. The first-order valence-corrected chi connectivity index (χ1v) is 27.8. The third kappa shape index (κ3) is 9.24. The van der Waals surface area contributed by atoms with Crippen molar-refractivity contribution in [3.63, 3.8) is 0 Å². The standard InChI is InChI=1S/C46H52N5O8PS2Si/c1-45(2,3)63(6,7)59-40-39(58-60(61)56-26-27-62-60)37(57-44(40)51-30-49-38-41(47-29-48-42(38)51)50-43(52)31-14-10-8-11-15-31)28-55-46(32-16-12-9-13-17-32,33-18-22-35(53-4)23-19-33)34-20-24-36(54-5)25-21-34/h8-25,29-30,37,39-40,44H,26-28H2,1-7H3,(H,47,48,50,52)/t37-,39-,40-,44-,60-/m1/s1. The topological polar surface area (TPSA) is 137 Å². The van der Waals surface area contributed by atoms with E-state index in [2.05, 4.69) is 61.3 Å². The molecule has 8 rings (SSSR count). The van der Waals surface area contributed by atoms with Crippen LogP contribution in [-0.2, 0) is 40.4 Å². The van der Waals surface area contributed by atoms with Gasteiger partial charge in [0.15, 0.2) is 31.5 Å². The Labute approximate surface area is 378 Å². The van der Waals surface area contributed by atoms with E-state index in [0.29, 0.717) is 34.8 Å². The molecule has 2 aromatic heterocycles. The van der Waals surface area contributed by atoms with E-state index in [1.54, 1.807) is 44.8 Å². The van der Waals surface area contributed by atoms with Gasteiger partial charge >= 0.3 is 0 Å². The van der Waals surface area contributed by atoms with Crippen molar-refractivity contribution in [2.75, 3.05) is 38.5 Å². The Kier molecular flexibility index (Phi) is 13.3. The summed E-state index contributed by atoms with van der Waals surface area (Å²) < 4.78 is 48.3. The number of hydrogen-bond donors (Lipinski definition) is 1. The molecular weight excluding hydrogens is 874 g/mol. The molecule has 0 unspecified atom stereocenters. The van der Waals surface area contributed by atoms with Crippen molar-refractivity contribution in [2.24, 2.45) is 0 Å². The summed E-state index contributed by atoms with van der Waals surface area (Å²) >= 11 is 7.68. The molecule has 0 aliphatic carbocycles. The lowest BCUT2D eigenvalue weighted by Crippen LogP contribution is -2.49. The Bertz CT molecular complexity index is 2510. The van der Waals surface area contributed by atoms with Gasteiger partial charge in [0, 0.05) is 11.3 Å². The van der Waals surface area contributed by atoms with Crippen LogP contribution in [0.1, 0.15) is 54.0 Å². The number of aromatic nitrogens is 4. The van der Waals surface area contributed by atoms with Gasteiger partial charge in [0.05, 0.1) is 33.8 Å². The van der Waals surface area contributed by atoms with Crippen LogP contribution < -0.4 is 14.8 Å². The van der Waals surface area contributed by atoms with Crippen molar-refractivity contribution >= 4 is 60.1 Å². The molecule has 0 saturated carbocycles. The van der Waals surface area contributed by atoms with E-state index in [1.165, 1.54) is 17.7 Å². The molecule has 0 radical (unpaired) electrons. The molecule has 17 heteroatoms. The van der Waals surface area contributed by atoms with Crippen LogP contribution in [0.15, 0.2) is 122 Å². The van der Waals surface area contributed by atoms with Crippen LogP contribution in [0.25, 0.3) is 11.2 Å². The van der Waals surface area contributed by atoms with Gasteiger partial charge in [-0.2, -0.15) is 0 Å². The lowest BCUT2D eigenvalue weighted by Gasteiger charge is -2.41. The van der Waals surface area contributed by atoms with E-state index in [1.807, 2.05) is 77.4 Å². The molecule has 1 amide bonds. The molecule has 4 aromatic carbocycles. The first kappa shape index (κ1) is 45.1. The number of hydrogen-bond acceptors (Lipinski definition) is 13. The summed E-state index contributed by atoms with van der Waals surface area (Å²) in [6, 6.07) is 34.8. The molecule has 2 aliphatic rings. The number of nitrogens with one attached hydrogen (secondary N) is 1. The molecule has 4 heterocycles. The first-order chi connectivity index (χ1) is 30.2. The number of methoxy groups -OCH3 is 2. The third-order valence-corrected chi connectivity index (χ3v) is 21.6. The number of amides is 1. The smallest absolute Gasteiger partial charge is 0.256 e. The fourth-order valence-electron chi connectivity index (χ4n) is 7.56. The van der Waals surface area contributed by atoms with E-state index >= 15 is 0 Å². The largest absolute Gasteiger partial charge is 0.497 e. The number of benzene rings is 4. The number of carbonyl (C=O) groups is 1. The minimum Gasteiger partial charge on any atom is -0.497 e. The Balaban J connectivity index is 1.25. The maximum atomic E-state index is 13.3. The van der Waals surface area contributed by atoms with Gasteiger partial charge in [0.2, 0.25) is 5.69 Å². The molecule has 6 aromatic rings. The predicted molar refractivity (Wildman–Crippen MR) is 252 cm³/mol. The van der Waals surface area contributed by atoms with Gasteiger partial charge in [-0.3, -0.25) is 9.36 Å². The highest BCUT2D eigenvalue weighted by atomic mass is 32.9. The highest BCUT2D eigenvalue weighted by molar-refractivity contribution is 8.68. The second kappa shape index (κ2) is 18.6. The van der Waals surface area contributed by atoms with Crippen LogP contribution in [0.5, 0.6) is 11.5 Å². The molecule has 63 heavy (non-hydrogen) atoms. The van der Waals surface area contributed by atoms with Crippen molar-refractivity contribution in [1.29, 1.82) is 0 Å². The zero-order valence-electron chi connectivity index (χ0n) is 36.3. The zero-order chi connectivity index (χ0) is 44.4. The minimum absolute atomic E-state index is 0.0332. The van der Waals surface area contributed by atoms with E-state index in [9.17, 15) is 4.79 Å². The molecule has 2 fully saturated rings. The van der Waals surface area contributed by atoms with Crippen molar-refractivity contribution in [1.82, 2.24) is 19.5 Å². The van der Waals surface area contributed by atoms with Crippen LogP contribution in [0.2, 0.25) is 18.1 Å². The van der Waals surface area contributed by atoms with E-state index in [0.717, 1.165) is 22.4 Å². The highest BCUT2D eigenvalue weighted by Gasteiger charge is 2.55. The molecule has 2 aliphatic heterocycles. The predicted octanol–water partition coefficient (Wildman–Crippen LogP) is 9.77. The number of carbonyl (C=O) groups excluding carboxylic acids is 1. The van der Waals surface area contributed by atoms with Gasteiger partial charge in [-0.1, -0.05) is 105 Å². The summed E-state index contributed by atoms with van der Waals surface area (Å²) in [4.78, 5) is 27.2. The fraction of sp³-hybridized carbons (Fsp3) is 0.348. The number of imidazole rings is 1. The van der Waals surface area contributed by atoms with Crippen LogP contribution in [0, 0.1) is 0 Å². The average Bonchev–Trinajstić information content (AvgIpc) is 4.02. The molecule has 1 N–H and O–H groups in total. The average molecular weight is 926 g/mol. The minimum atomic E-state index is -2.84. The third-order valence-electron chi connectivity index (χ3n) is 11.9. The van der Waals surface area contributed by atoms with Crippen LogP contribution >= 0.6 is 17.1 Å². The van der Waals surface area contributed by atoms with Gasteiger partial charge in [0.1, 0.15) is 41.7 Å². The second-order valence-corrected chi connectivity index (χ2v) is 27.9. The Hall–Kier alpha value is -4.48. The van der Waals surface area contributed by atoms with Crippen LogP contribution in [-0.4, -0.2) is 85.2 Å². The van der Waals surface area contributed by atoms with Gasteiger partial charge in [-0.05, 0) is 83.0 Å². The second-order valence-electron chi connectivity index (χ2n) is 16.8. The molecular formula is C46H52N5O8PS2Si. The molecule has 0 spiro atoms. The maximum absolute atomic E-state index is 13.3. The number of rotatable bonds is 15. The molecule has 13 nitrogen and oxygen atoms in total. The van der Waals surface area contributed by atoms with Crippen LogP contribution in [0.4, 0.5) is 5.82 Å². The van der Waals surface area contributed by atoms with E-state index in [4.69, 9.17) is 49.2 Å². The van der Waals surface area contributed by atoms with Gasteiger partial charge in [-0.25, -0.2) is 15.0 Å². The van der Waals surface area contributed by atoms with Crippen molar-refractivity contribution in [3.8, 4) is 11.5 Å². The Morgan fingerprint density at radius 3 is 2.03 bits per heavy atom. The normalized spacial score (nSPS) is 21.7. The van der Waals surface area contributed by atoms with Crippen molar-refractivity contribution in [3.05, 3.63) is 144 Å². The Morgan fingerprint density at radius 1 is 0.857 bits per heavy atom. The molecule has 330 valence electrons. The number of nitrogens with zero attached hydrogens (tertiary/aromatic N) is 4. The van der Waals surface area contributed by atoms with Gasteiger partial charge in [0.25, 0.3) is 5.91 Å². The SMILES string of the molecule is COc1ccc(C(OC[C@H]2O[C@@H](n3cnc4c(NC(=O)c5ccccc5)ncnc43)[C@H](O[Si](C)(C)C(C)(C)C)[C@@H]2O[P@@]2(=S)OCCS2)(c2ccccc2)c2ccc(OC)cc2)cc1. The Morgan fingerprint density at radius 2 is 1.46 bits per heavy atom. The van der Waals surface area contributed by atoms with Crippen molar-refractivity contribution < 1.29 is 37.2 Å². The molecule has 5 atom stereocenters. The monoisotopic (exact) mass is 925 g/mol. The summed E-state index contributed by atoms with van der Waals surface area (Å²) in [5.41, 5.74) is -0.0549. The first-order valence-electron chi connectivity index (χ1n) is 20.7. The summed E-state index contributed by atoms with van der Waals surface area (Å²) in [5, 5.41) is 2.74. The molecule has 2 saturated heterocycles. The summed E-state index contributed by atoms with van der Waals surface area (Å²) in [7, 11) is 0.727. The summed E-state index contributed by atoms with van der Waals surface area (Å²) in [6.45, 7) is 11.5. The fourth-order valence-corrected chi connectivity index (χ4v) is 13.4. The zero-order valence-corrected chi connectivity index (χ0v) is 39.8. The highest BCUT2D eigenvalue weighted by Crippen LogP contribution is 2.66. The summed E-state index contributed by atoms with van der Waals surface area (Å²) in [5.74, 6) is 2.08. The number of fused-ring (bicyclic) bond motifs is 1. The number of anilines is 1. The van der Waals surface area contributed by atoms with Gasteiger partial charge in [-0.15, -0.1) is 0 Å². The summed E-state index contributed by atoms with van der Waals surface area (Å²) in [6.07, 6.45) is 0.0127. The molecule has 0 bridgehead atoms.